The highest BCUT2D eigenvalue weighted by atomic mass is 35.5. The number of pyridine rings is 1. The van der Waals surface area contributed by atoms with Gasteiger partial charge in [-0.2, -0.15) is 0 Å². The predicted molar refractivity (Wildman–Crippen MR) is 145 cm³/mol. The molecule has 0 radical (unpaired) electrons. The number of benzene rings is 2. The van der Waals surface area contributed by atoms with Gasteiger partial charge in [0.25, 0.3) is 0 Å². The zero-order valence-electron chi connectivity index (χ0n) is 24.1. The Morgan fingerprint density at radius 1 is 1.09 bits per heavy atom. The number of carbonyl (C=O) groups is 2. The Morgan fingerprint density at radius 2 is 1.85 bits per heavy atom. The van der Waals surface area contributed by atoms with Crippen LogP contribution in [0.4, 0.5) is 0 Å². The molecule has 178 valence electrons. The molecule has 0 spiro atoms. The molecule has 1 atom stereocenters. The van der Waals surface area contributed by atoms with Crippen LogP contribution in [0.1, 0.15) is 42.5 Å². The zero-order chi connectivity index (χ0) is 29.5. The molecule has 0 aliphatic heterocycles. The minimum Gasteiger partial charge on any atom is -0.481 e. The third-order valence-electron chi connectivity index (χ3n) is 4.72. The monoisotopic (exact) mass is 520 g/mol. The summed E-state index contributed by atoms with van der Waals surface area (Å²) < 4.78 is 44.3. The molecule has 8 heteroatoms. The van der Waals surface area contributed by atoms with Crippen LogP contribution in [-0.4, -0.2) is 52.3 Å². The number of carbonyl (C=O) groups excluding carboxylic acids is 1. The maximum atomic E-state index is 12.5. The smallest absolute Gasteiger partial charge is 0.304 e. The molecule has 5 nitrogen and oxygen atoms in total. The molecule has 0 bridgehead atoms. The van der Waals surface area contributed by atoms with Gasteiger partial charge in [-0.1, -0.05) is 48.0 Å². The number of carboxylic acids is 1. The van der Waals surface area contributed by atoms with E-state index in [1.165, 1.54) is 23.5 Å². The summed E-state index contributed by atoms with van der Waals surface area (Å²) >= 11 is 8.80. The second kappa shape index (κ2) is 12.8. The van der Waals surface area contributed by atoms with Gasteiger partial charge in [0, 0.05) is 50.5 Å². The molecule has 2 aromatic carbocycles. The van der Waals surface area contributed by atoms with E-state index in [2.05, 4.69) is 4.98 Å². The number of halogens is 1. The van der Waals surface area contributed by atoms with Gasteiger partial charge in [-0.15, -0.1) is 23.5 Å². The lowest BCUT2D eigenvalue weighted by atomic mass is 10.1. The van der Waals surface area contributed by atoms with Crippen molar-refractivity contribution in [3.63, 3.8) is 0 Å². The van der Waals surface area contributed by atoms with E-state index in [1.54, 1.807) is 6.07 Å². The van der Waals surface area contributed by atoms with E-state index in [1.807, 2.05) is 60.7 Å². The molecular weight excluding hydrogens is 488 g/mol. The summed E-state index contributed by atoms with van der Waals surface area (Å²) in [4.78, 5) is 28.2. The average molecular weight is 521 g/mol. The van der Waals surface area contributed by atoms with Gasteiger partial charge in [-0.05, 0) is 41.5 Å². The van der Waals surface area contributed by atoms with Crippen molar-refractivity contribution in [1.82, 2.24) is 9.88 Å². The Balaban J connectivity index is 1.75. The summed E-state index contributed by atoms with van der Waals surface area (Å²) in [6.07, 6.45) is 3.43. The molecule has 1 aromatic heterocycles. The highest BCUT2D eigenvalue weighted by Crippen LogP contribution is 2.40. The summed E-state index contributed by atoms with van der Waals surface area (Å²) in [7, 11) is 0. The van der Waals surface area contributed by atoms with Crippen LogP contribution in [0.25, 0.3) is 23.1 Å². The summed E-state index contributed by atoms with van der Waals surface area (Å²) in [5.41, 5.74) is 3.27. The number of hydrogen-bond acceptors (Lipinski definition) is 5. The fraction of sp³-hybridized carbons (Fsp3) is 0.269. The van der Waals surface area contributed by atoms with Crippen LogP contribution >= 0.6 is 35.1 Å². The number of nitrogens with zero attached hydrogens (tertiary/aromatic N) is 2. The minimum atomic E-state index is -3.09. The maximum Gasteiger partial charge on any atom is 0.304 e. The second-order valence-corrected chi connectivity index (χ2v) is 10.4. The molecule has 0 aliphatic carbocycles. The van der Waals surface area contributed by atoms with Crippen LogP contribution in [0.3, 0.4) is 0 Å². The van der Waals surface area contributed by atoms with E-state index in [4.69, 9.17) is 24.9 Å². The molecule has 0 fully saturated rings. The van der Waals surface area contributed by atoms with Gasteiger partial charge < -0.3 is 10.0 Å². The normalized spacial score (nSPS) is 15.6. The molecule has 1 amide bonds. The first-order valence-electron chi connectivity index (χ1n) is 13.4. The van der Waals surface area contributed by atoms with Crippen molar-refractivity contribution in [3.05, 3.63) is 76.4 Å². The van der Waals surface area contributed by atoms with Gasteiger partial charge in [0.05, 0.1) is 22.2 Å². The van der Waals surface area contributed by atoms with Crippen LogP contribution in [0.5, 0.6) is 0 Å². The lowest BCUT2D eigenvalue weighted by Gasteiger charge is -2.18. The van der Waals surface area contributed by atoms with E-state index in [0.717, 1.165) is 27.7 Å². The lowest BCUT2D eigenvalue weighted by molar-refractivity contribution is -0.136. The Morgan fingerprint density at radius 3 is 2.62 bits per heavy atom. The van der Waals surface area contributed by atoms with Crippen molar-refractivity contribution < 1.29 is 22.9 Å². The Bertz CT molecular complexity index is 1370. The molecule has 0 saturated heterocycles. The highest BCUT2D eigenvalue weighted by molar-refractivity contribution is 8.16. The first-order chi connectivity index (χ1) is 18.7. The van der Waals surface area contributed by atoms with Crippen LogP contribution in [-0.2, 0) is 9.59 Å². The van der Waals surface area contributed by atoms with Gasteiger partial charge in [0.2, 0.25) is 5.91 Å². The molecule has 3 aromatic rings. The average Bonchev–Trinajstić information content (AvgIpc) is 2.84. The first kappa shape index (κ1) is 18.8. The summed E-state index contributed by atoms with van der Waals surface area (Å²) in [6.45, 7) is -6.18. The standard InChI is InChI=1S/C26H27ClN2O3S2/c1-29(2)24(30)12-14-33-26(34-15-13-25(31)32)20-5-3-4-18(16-20)6-10-22-11-8-19-7-9-21(27)17-23(19)28-22/h3-11,16-17,26H,12-15H2,1-2H3,(H,31,32)/b10-6+/t26-/m1/s1/i1D3,2D3. The van der Waals surface area contributed by atoms with E-state index < -0.39 is 25.8 Å². The molecule has 0 aliphatic rings. The molecular formula is C26H27ClN2O3S2. The highest BCUT2D eigenvalue weighted by Gasteiger charge is 2.15. The van der Waals surface area contributed by atoms with Gasteiger partial charge >= 0.3 is 5.97 Å². The molecule has 0 unspecified atom stereocenters. The van der Waals surface area contributed by atoms with Gasteiger partial charge in [0.1, 0.15) is 0 Å². The molecule has 1 heterocycles. The van der Waals surface area contributed by atoms with Crippen LogP contribution in [0.15, 0.2) is 54.6 Å². The van der Waals surface area contributed by atoms with Crippen molar-refractivity contribution in [3.8, 4) is 0 Å². The maximum absolute atomic E-state index is 12.5. The Labute approximate surface area is 222 Å². The summed E-state index contributed by atoms with van der Waals surface area (Å²) in [5, 5.41) is 10.6. The van der Waals surface area contributed by atoms with E-state index >= 15 is 0 Å². The largest absolute Gasteiger partial charge is 0.481 e. The van der Waals surface area contributed by atoms with Crippen molar-refractivity contribution in [2.75, 3.05) is 25.5 Å². The minimum absolute atomic E-state index is 0.0344. The van der Waals surface area contributed by atoms with Gasteiger partial charge in [-0.3, -0.25) is 9.59 Å². The SMILES string of the molecule is [2H]C([2H])([2H])N(C(=O)CCS[C@H](SCCC(=O)O)c1cccc(/C=C/c2ccc3ccc(Cl)cc3n2)c1)C([2H])([2H])[2H]. The number of aromatic nitrogens is 1. The third-order valence-corrected chi connectivity index (χ3v) is 7.81. The number of rotatable bonds is 11. The van der Waals surface area contributed by atoms with E-state index in [-0.39, 0.29) is 28.1 Å². The number of hydrogen-bond donors (Lipinski definition) is 1. The second-order valence-electron chi connectivity index (χ2n) is 7.27. The lowest BCUT2D eigenvalue weighted by Crippen LogP contribution is -2.21. The quantitative estimate of drug-likeness (QED) is 0.292. The fourth-order valence-electron chi connectivity index (χ4n) is 3.05. The zero-order valence-corrected chi connectivity index (χ0v) is 20.5. The van der Waals surface area contributed by atoms with Crippen LogP contribution in [0, 0.1) is 0 Å². The summed E-state index contributed by atoms with van der Waals surface area (Å²) in [6, 6.07) is 17.0. The number of carboxylic acid groups (broad SMARTS) is 1. The van der Waals surface area contributed by atoms with Crippen LogP contribution < -0.4 is 0 Å². The first-order valence-corrected chi connectivity index (χ1v) is 12.8. The molecule has 1 N–H and O–H groups in total. The Kier molecular flexibility index (Phi) is 7.10. The van der Waals surface area contributed by atoms with E-state index in [0.29, 0.717) is 10.8 Å². The number of aliphatic carboxylic acids is 1. The molecule has 0 saturated carbocycles. The van der Waals surface area contributed by atoms with Gasteiger partial charge in [-0.25, -0.2) is 4.98 Å². The fourth-order valence-corrected chi connectivity index (χ4v) is 5.87. The number of amides is 1. The van der Waals surface area contributed by atoms with E-state index in [9.17, 15) is 9.59 Å². The molecule has 34 heavy (non-hydrogen) atoms. The Hall–Kier alpha value is -2.48. The summed E-state index contributed by atoms with van der Waals surface area (Å²) in [5.74, 6) is -1.46. The number of thioether (sulfide) groups is 2. The third kappa shape index (κ3) is 8.08. The van der Waals surface area contributed by atoms with Crippen molar-refractivity contribution in [2.45, 2.75) is 17.4 Å². The van der Waals surface area contributed by atoms with Gasteiger partial charge in [0.15, 0.2) is 0 Å². The topological polar surface area (TPSA) is 70.5 Å². The van der Waals surface area contributed by atoms with Crippen molar-refractivity contribution in [1.29, 1.82) is 0 Å². The van der Waals surface area contributed by atoms with Crippen LogP contribution in [0.2, 0.25) is 5.02 Å². The number of fused-ring (bicyclic) bond motifs is 1. The molecule has 3 rings (SSSR count). The van der Waals surface area contributed by atoms with Crippen molar-refractivity contribution in [2.24, 2.45) is 0 Å². The predicted octanol–water partition coefficient (Wildman–Crippen LogP) is 6.48. The van der Waals surface area contributed by atoms with Crippen molar-refractivity contribution >= 4 is 70.1 Å².